The van der Waals surface area contributed by atoms with E-state index in [1.54, 1.807) is 0 Å². The van der Waals surface area contributed by atoms with Crippen LogP contribution in [0, 0.1) is 5.41 Å². The van der Waals surface area contributed by atoms with Crippen LogP contribution in [0.2, 0.25) is 0 Å². The van der Waals surface area contributed by atoms with Crippen LogP contribution in [0.1, 0.15) is 47.0 Å². The van der Waals surface area contributed by atoms with Crippen LogP contribution >= 0.6 is 14.7 Å². The molecular weight excluding hydrogens is 534 g/mol. The fraction of sp³-hybridized carbons (Fsp3) is 0.294. The summed E-state index contributed by atoms with van der Waals surface area (Å²) in [5.74, 6) is 0. The fourth-order valence-corrected chi connectivity index (χ4v) is 9.73. The van der Waals surface area contributed by atoms with Gasteiger partial charge in [-0.05, 0) is 68.8 Å². The zero-order chi connectivity index (χ0) is 28.6. The van der Waals surface area contributed by atoms with Gasteiger partial charge >= 0.3 is 0 Å². The minimum atomic E-state index is -3.44. The van der Waals surface area contributed by atoms with Crippen LogP contribution in [0.4, 0.5) is 0 Å². The van der Waals surface area contributed by atoms with E-state index in [2.05, 4.69) is 13.8 Å². The lowest BCUT2D eigenvalue weighted by Crippen LogP contribution is -2.44. The van der Waals surface area contributed by atoms with Crippen molar-refractivity contribution in [3.05, 3.63) is 121 Å². The molecule has 0 saturated carbocycles. The topological polar surface area (TPSA) is 52.6 Å². The summed E-state index contributed by atoms with van der Waals surface area (Å²) in [6.45, 7) is 8.21. The second-order valence-electron chi connectivity index (χ2n) is 10.5. The molecule has 4 nitrogen and oxygen atoms in total. The summed E-state index contributed by atoms with van der Waals surface area (Å²) < 4.78 is 43.0. The van der Waals surface area contributed by atoms with Crippen molar-refractivity contribution in [2.24, 2.45) is 5.41 Å². The summed E-state index contributed by atoms with van der Waals surface area (Å²) in [5.41, 5.74) is -0.589. The summed E-state index contributed by atoms with van der Waals surface area (Å²) >= 11 is 0. The first-order valence-corrected chi connectivity index (χ1v) is 17.3. The molecule has 0 N–H and O–H groups in total. The molecule has 0 spiro atoms. The van der Waals surface area contributed by atoms with Gasteiger partial charge in [0, 0.05) is 26.6 Å². The molecule has 0 aromatic heterocycles. The molecule has 210 valence electrons. The Labute approximate surface area is 239 Å². The Morgan fingerprint density at radius 3 is 1.10 bits per heavy atom. The van der Waals surface area contributed by atoms with E-state index in [9.17, 15) is 9.13 Å². The molecule has 2 atom stereocenters. The van der Waals surface area contributed by atoms with Gasteiger partial charge in [-0.15, -0.1) is 0 Å². The molecule has 4 aromatic rings. The van der Waals surface area contributed by atoms with E-state index in [1.807, 2.05) is 135 Å². The van der Waals surface area contributed by atoms with E-state index in [4.69, 9.17) is 9.05 Å². The molecule has 6 heteroatoms. The number of rotatable bonds is 13. The zero-order valence-corrected chi connectivity index (χ0v) is 25.6. The zero-order valence-electron chi connectivity index (χ0n) is 23.9. The van der Waals surface area contributed by atoms with Gasteiger partial charge < -0.3 is 9.05 Å². The van der Waals surface area contributed by atoms with Crippen LogP contribution in [-0.2, 0) is 18.2 Å². The van der Waals surface area contributed by atoms with Gasteiger partial charge in [0.15, 0.2) is 0 Å². The summed E-state index contributed by atoms with van der Waals surface area (Å²) in [4.78, 5) is 0. The van der Waals surface area contributed by atoms with Crippen molar-refractivity contribution in [1.29, 1.82) is 0 Å². The maximum atomic E-state index is 14.8. The maximum Gasteiger partial charge on any atom is 0.261 e. The average molecular weight is 575 g/mol. The highest BCUT2D eigenvalue weighted by molar-refractivity contribution is 7.74. The molecule has 4 aromatic carbocycles. The Bertz CT molecular complexity index is 1230. The molecule has 0 bridgehead atoms. The van der Waals surface area contributed by atoms with Crippen LogP contribution in [-0.4, -0.2) is 12.2 Å². The third-order valence-electron chi connectivity index (χ3n) is 7.92. The molecule has 4 rings (SSSR count). The third-order valence-corrected chi connectivity index (χ3v) is 13.1. The SMILES string of the molecule is CCCCC(C)(C(C)OP(=O)(c1ccccc1)c1ccccc1)C(C)OP(=O)(c1ccccc1)c1ccccc1. The second kappa shape index (κ2) is 13.3. The Morgan fingerprint density at radius 2 is 0.850 bits per heavy atom. The lowest BCUT2D eigenvalue weighted by Gasteiger charge is -2.43. The van der Waals surface area contributed by atoms with E-state index < -0.39 is 32.4 Å². The third kappa shape index (κ3) is 6.42. The molecule has 0 fully saturated rings. The Morgan fingerprint density at radius 1 is 0.575 bits per heavy atom. The van der Waals surface area contributed by atoms with Crippen molar-refractivity contribution in [3.8, 4) is 0 Å². The maximum absolute atomic E-state index is 14.8. The van der Waals surface area contributed by atoms with Crippen LogP contribution in [0.3, 0.4) is 0 Å². The summed E-state index contributed by atoms with van der Waals surface area (Å²) in [5, 5.41) is 2.61. The van der Waals surface area contributed by atoms with Gasteiger partial charge in [0.2, 0.25) is 0 Å². The Kier molecular flexibility index (Phi) is 10.0. The van der Waals surface area contributed by atoms with Gasteiger partial charge in [-0.3, -0.25) is 9.13 Å². The Hall–Kier alpha value is -2.74. The van der Waals surface area contributed by atoms with Gasteiger partial charge in [0.1, 0.15) is 0 Å². The van der Waals surface area contributed by atoms with Crippen molar-refractivity contribution < 1.29 is 18.2 Å². The Balaban J connectivity index is 1.74. The number of hydrogen-bond donors (Lipinski definition) is 0. The molecule has 0 aliphatic rings. The highest BCUT2D eigenvalue weighted by Crippen LogP contribution is 2.54. The lowest BCUT2D eigenvalue weighted by atomic mass is 9.76. The molecule has 0 saturated heterocycles. The average Bonchev–Trinajstić information content (AvgIpc) is 3.01. The van der Waals surface area contributed by atoms with E-state index in [-0.39, 0.29) is 0 Å². The molecule has 2 unspecified atom stereocenters. The first-order valence-electron chi connectivity index (χ1n) is 14.0. The second-order valence-corrected chi connectivity index (χ2v) is 15.2. The van der Waals surface area contributed by atoms with Gasteiger partial charge in [-0.1, -0.05) is 99.5 Å². The van der Waals surface area contributed by atoms with E-state index >= 15 is 0 Å². The number of hydrogen-bond acceptors (Lipinski definition) is 4. The van der Waals surface area contributed by atoms with Gasteiger partial charge in [-0.25, -0.2) is 0 Å². The largest absolute Gasteiger partial charge is 0.318 e. The predicted octanol–water partition coefficient (Wildman–Crippen LogP) is 7.85. The minimum absolute atomic E-state index is 0.472. The van der Waals surface area contributed by atoms with Crippen molar-refractivity contribution in [1.82, 2.24) is 0 Å². The van der Waals surface area contributed by atoms with E-state index in [0.717, 1.165) is 19.3 Å². The van der Waals surface area contributed by atoms with E-state index in [1.165, 1.54) is 0 Å². The molecule has 0 amide bonds. The molecule has 0 radical (unpaired) electrons. The summed E-state index contributed by atoms with van der Waals surface area (Å²) in [7, 11) is -6.88. The van der Waals surface area contributed by atoms with Crippen molar-refractivity contribution in [3.63, 3.8) is 0 Å². The summed E-state index contributed by atoms with van der Waals surface area (Å²) in [6, 6.07) is 37.6. The van der Waals surface area contributed by atoms with Crippen molar-refractivity contribution in [2.75, 3.05) is 0 Å². The smallest absolute Gasteiger partial charge is 0.261 e. The molecular formula is C34H40O4P2. The van der Waals surface area contributed by atoms with Gasteiger partial charge in [-0.2, -0.15) is 0 Å². The molecule has 0 aliphatic heterocycles. The summed E-state index contributed by atoms with van der Waals surface area (Å²) in [6.07, 6.45) is 1.73. The van der Waals surface area contributed by atoms with Crippen LogP contribution < -0.4 is 21.2 Å². The molecule has 0 aliphatic carbocycles. The number of benzene rings is 4. The van der Waals surface area contributed by atoms with Gasteiger partial charge in [0.25, 0.3) is 14.7 Å². The van der Waals surface area contributed by atoms with Crippen LogP contribution in [0.25, 0.3) is 0 Å². The highest BCUT2D eigenvalue weighted by atomic mass is 31.2. The molecule has 0 heterocycles. The monoisotopic (exact) mass is 574 g/mol. The van der Waals surface area contributed by atoms with E-state index in [0.29, 0.717) is 21.2 Å². The quantitative estimate of drug-likeness (QED) is 0.153. The number of unbranched alkanes of at least 4 members (excludes halogenated alkanes) is 1. The van der Waals surface area contributed by atoms with Crippen LogP contribution in [0.5, 0.6) is 0 Å². The van der Waals surface area contributed by atoms with Crippen molar-refractivity contribution in [2.45, 2.75) is 59.2 Å². The highest BCUT2D eigenvalue weighted by Gasteiger charge is 2.45. The normalized spacial score (nSPS) is 15.2. The lowest BCUT2D eigenvalue weighted by molar-refractivity contribution is -0.0184. The van der Waals surface area contributed by atoms with Crippen LogP contribution in [0.15, 0.2) is 121 Å². The fourth-order valence-electron chi connectivity index (χ4n) is 5.02. The van der Waals surface area contributed by atoms with Gasteiger partial charge in [0.05, 0.1) is 12.2 Å². The molecule has 40 heavy (non-hydrogen) atoms. The minimum Gasteiger partial charge on any atom is -0.318 e. The first-order chi connectivity index (χ1) is 19.2. The van der Waals surface area contributed by atoms with Crippen molar-refractivity contribution >= 4 is 36.0 Å². The first kappa shape index (κ1) is 30.2. The standard InChI is InChI=1S/C34H40O4P2/c1-5-6-27-34(4,28(2)37-39(35,30-19-11-7-12-20-30)31-21-13-8-14-22-31)29(3)38-40(36,32-23-15-9-16-24-32)33-25-17-10-18-26-33/h7-26,28-29H,5-6,27H2,1-4H3. The predicted molar refractivity (Wildman–Crippen MR) is 168 cm³/mol.